The fraction of sp³-hybridized carbons (Fsp3) is 0. The van der Waals surface area contributed by atoms with Crippen molar-refractivity contribution in [3.8, 4) is 0 Å². The van der Waals surface area contributed by atoms with Crippen molar-refractivity contribution in [2.24, 2.45) is 0 Å². The summed E-state index contributed by atoms with van der Waals surface area (Å²) >= 11 is 5.55. The second kappa shape index (κ2) is 3.78. The zero-order chi connectivity index (χ0) is 10.0. The van der Waals surface area contributed by atoms with Crippen molar-refractivity contribution in [3.63, 3.8) is 0 Å². The molecule has 68 valence electrons. The summed E-state index contributed by atoms with van der Waals surface area (Å²) in [5, 5.41) is 26.3. The van der Waals surface area contributed by atoms with Gasteiger partial charge in [-0.3, -0.25) is 0 Å². The molecule has 0 aromatic heterocycles. The second-order valence-corrected chi connectivity index (χ2v) is 2.89. The van der Waals surface area contributed by atoms with Gasteiger partial charge in [0.25, 0.3) is 0 Å². The van der Waals surface area contributed by atoms with Crippen LogP contribution < -0.4 is 5.46 Å². The van der Waals surface area contributed by atoms with E-state index in [0.717, 1.165) is 6.07 Å². The molecule has 0 aliphatic rings. The van der Waals surface area contributed by atoms with Gasteiger partial charge in [-0.2, -0.15) is 0 Å². The normalized spacial score (nSPS) is 9.77. The Hall–Kier alpha value is -1.04. The molecule has 4 nitrogen and oxygen atoms in total. The molecule has 0 saturated heterocycles. The van der Waals surface area contributed by atoms with Gasteiger partial charge in [-0.05, 0) is 23.7 Å². The second-order valence-electron chi connectivity index (χ2n) is 2.45. The molecule has 0 saturated carbocycles. The molecule has 0 fully saturated rings. The van der Waals surface area contributed by atoms with Crippen LogP contribution in [-0.2, 0) is 0 Å². The first-order chi connectivity index (χ1) is 6.00. The van der Waals surface area contributed by atoms with Gasteiger partial charge in [-0.1, -0.05) is 11.6 Å². The SMILES string of the molecule is O=C(O)c1cc(Cl)cc(B(O)O)c1. The lowest BCUT2D eigenvalue weighted by atomic mass is 9.79. The van der Waals surface area contributed by atoms with Crippen LogP contribution in [0.5, 0.6) is 0 Å². The Kier molecular flexibility index (Phi) is 2.92. The number of hydrogen-bond acceptors (Lipinski definition) is 3. The van der Waals surface area contributed by atoms with E-state index in [9.17, 15) is 4.79 Å². The van der Waals surface area contributed by atoms with E-state index in [1.807, 2.05) is 0 Å². The lowest BCUT2D eigenvalue weighted by Gasteiger charge is -2.01. The minimum Gasteiger partial charge on any atom is -0.478 e. The fourth-order valence-corrected chi connectivity index (χ4v) is 1.13. The molecule has 0 amide bonds. The maximum Gasteiger partial charge on any atom is 0.488 e. The van der Waals surface area contributed by atoms with Crippen molar-refractivity contribution in [1.29, 1.82) is 0 Å². The number of rotatable bonds is 2. The zero-order valence-corrected chi connectivity index (χ0v) is 7.19. The Morgan fingerprint density at radius 3 is 2.38 bits per heavy atom. The van der Waals surface area contributed by atoms with Crippen molar-refractivity contribution in [2.75, 3.05) is 0 Å². The highest BCUT2D eigenvalue weighted by Gasteiger charge is 2.14. The van der Waals surface area contributed by atoms with Gasteiger partial charge < -0.3 is 15.2 Å². The van der Waals surface area contributed by atoms with E-state index >= 15 is 0 Å². The molecule has 6 heteroatoms. The third-order valence-electron chi connectivity index (χ3n) is 1.47. The number of aromatic carboxylic acids is 1. The molecule has 0 bridgehead atoms. The van der Waals surface area contributed by atoms with Crippen molar-refractivity contribution >= 4 is 30.2 Å². The predicted octanol–water partition coefficient (Wildman–Crippen LogP) is -0.282. The van der Waals surface area contributed by atoms with Crippen LogP contribution >= 0.6 is 11.6 Å². The maximum atomic E-state index is 10.5. The van der Waals surface area contributed by atoms with E-state index in [1.54, 1.807) is 0 Å². The Morgan fingerprint density at radius 1 is 1.31 bits per heavy atom. The Morgan fingerprint density at radius 2 is 1.92 bits per heavy atom. The molecule has 0 heterocycles. The smallest absolute Gasteiger partial charge is 0.478 e. The minimum atomic E-state index is -1.71. The number of carboxylic acids is 1. The van der Waals surface area contributed by atoms with E-state index < -0.39 is 13.1 Å². The highest BCUT2D eigenvalue weighted by atomic mass is 35.5. The molecule has 0 spiro atoms. The van der Waals surface area contributed by atoms with Gasteiger partial charge >= 0.3 is 13.1 Å². The van der Waals surface area contributed by atoms with Crippen LogP contribution in [0.1, 0.15) is 10.4 Å². The third kappa shape index (κ3) is 2.45. The summed E-state index contributed by atoms with van der Waals surface area (Å²) in [6, 6.07) is 3.67. The third-order valence-corrected chi connectivity index (χ3v) is 1.68. The molecule has 13 heavy (non-hydrogen) atoms. The van der Waals surface area contributed by atoms with Crippen LogP contribution in [0.15, 0.2) is 18.2 Å². The van der Waals surface area contributed by atoms with Crippen LogP contribution in [-0.4, -0.2) is 28.2 Å². The van der Waals surface area contributed by atoms with Gasteiger partial charge in [0.15, 0.2) is 0 Å². The van der Waals surface area contributed by atoms with Gasteiger partial charge in [-0.25, -0.2) is 4.79 Å². The van der Waals surface area contributed by atoms with Crippen LogP contribution in [0.4, 0.5) is 0 Å². The summed E-state index contributed by atoms with van der Waals surface area (Å²) in [6.45, 7) is 0. The summed E-state index contributed by atoms with van der Waals surface area (Å²) in [6.07, 6.45) is 0. The molecular weight excluding hydrogens is 194 g/mol. The quantitative estimate of drug-likeness (QED) is 0.574. The first-order valence-electron chi connectivity index (χ1n) is 3.40. The molecule has 0 aliphatic carbocycles. The van der Waals surface area contributed by atoms with E-state index in [4.69, 9.17) is 26.8 Å². The van der Waals surface area contributed by atoms with E-state index in [2.05, 4.69) is 0 Å². The standard InChI is InChI=1S/C7H6BClO4/c9-6-2-4(7(10)11)1-5(3-6)8(12)13/h1-3,12-13H,(H,10,11). The van der Waals surface area contributed by atoms with Gasteiger partial charge in [0, 0.05) is 5.02 Å². The number of hydrogen-bond donors (Lipinski definition) is 3. The molecule has 3 N–H and O–H groups in total. The van der Waals surface area contributed by atoms with Crippen LogP contribution in [0.3, 0.4) is 0 Å². The highest BCUT2D eigenvalue weighted by molar-refractivity contribution is 6.59. The molecule has 0 radical (unpaired) electrons. The van der Waals surface area contributed by atoms with Gasteiger partial charge in [-0.15, -0.1) is 0 Å². The largest absolute Gasteiger partial charge is 0.488 e. The number of benzene rings is 1. The molecule has 1 aromatic carbocycles. The molecule has 1 rings (SSSR count). The van der Waals surface area contributed by atoms with Crippen LogP contribution in [0.25, 0.3) is 0 Å². The summed E-state index contributed by atoms with van der Waals surface area (Å²) < 4.78 is 0. The van der Waals surface area contributed by atoms with Crippen molar-refractivity contribution < 1.29 is 19.9 Å². The average Bonchev–Trinajstić information content (AvgIpc) is 2.03. The fourth-order valence-electron chi connectivity index (χ4n) is 0.885. The lowest BCUT2D eigenvalue weighted by Crippen LogP contribution is -2.30. The first kappa shape index (κ1) is 10.0. The zero-order valence-electron chi connectivity index (χ0n) is 6.44. The number of carboxylic acid groups (broad SMARTS) is 1. The van der Waals surface area contributed by atoms with Crippen molar-refractivity contribution in [1.82, 2.24) is 0 Å². The molecule has 0 unspecified atom stereocenters. The highest BCUT2D eigenvalue weighted by Crippen LogP contribution is 2.09. The molecular formula is C7H6BClO4. The molecule has 0 atom stereocenters. The van der Waals surface area contributed by atoms with Gasteiger partial charge in [0.05, 0.1) is 5.56 Å². The van der Waals surface area contributed by atoms with Crippen LogP contribution in [0, 0.1) is 0 Å². The number of carbonyl (C=O) groups is 1. The Labute approximate surface area is 79.5 Å². The molecule has 1 aromatic rings. The predicted molar refractivity (Wildman–Crippen MR) is 48.2 cm³/mol. The van der Waals surface area contributed by atoms with E-state index in [1.165, 1.54) is 12.1 Å². The van der Waals surface area contributed by atoms with E-state index in [-0.39, 0.29) is 16.0 Å². The van der Waals surface area contributed by atoms with E-state index in [0.29, 0.717) is 0 Å². The summed E-state index contributed by atoms with van der Waals surface area (Å²) in [7, 11) is -1.71. The molecule has 0 aliphatic heterocycles. The average molecular weight is 200 g/mol. The van der Waals surface area contributed by atoms with Gasteiger partial charge in [0.2, 0.25) is 0 Å². The van der Waals surface area contributed by atoms with Gasteiger partial charge in [0.1, 0.15) is 0 Å². The summed E-state index contributed by atoms with van der Waals surface area (Å²) in [5.41, 5.74) is -0.0134. The topological polar surface area (TPSA) is 77.8 Å². The summed E-state index contributed by atoms with van der Waals surface area (Å²) in [4.78, 5) is 10.5. The Balaban J connectivity index is 3.19. The Bertz CT molecular complexity index is 339. The number of halogens is 1. The monoisotopic (exact) mass is 200 g/mol. The maximum absolute atomic E-state index is 10.5. The van der Waals surface area contributed by atoms with Crippen molar-refractivity contribution in [3.05, 3.63) is 28.8 Å². The first-order valence-corrected chi connectivity index (χ1v) is 3.78. The lowest BCUT2D eigenvalue weighted by molar-refractivity contribution is 0.0697. The van der Waals surface area contributed by atoms with Crippen LogP contribution in [0.2, 0.25) is 5.02 Å². The summed E-state index contributed by atoms with van der Waals surface area (Å²) in [5.74, 6) is -1.16. The van der Waals surface area contributed by atoms with Crippen molar-refractivity contribution in [2.45, 2.75) is 0 Å². The minimum absolute atomic E-state index is 0.0601.